The molecule has 110 valence electrons. The van der Waals surface area contributed by atoms with Crippen LogP contribution < -0.4 is 10.6 Å². The second-order valence-corrected chi connectivity index (χ2v) is 6.16. The zero-order chi connectivity index (χ0) is 14.7. The number of carbonyl (C=O) groups excluding carboxylic acids is 1. The number of thiazole rings is 1. The number of piperidine rings is 1. The van der Waals surface area contributed by atoms with E-state index in [4.69, 9.17) is 0 Å². The maximum atomic E-state index is 12.4. The highest BCUT2D eigenvalue weighted by Gasteiger charge is 2.20. The molecule has 1 aliphatic heterocycles. The predicted molar refractivity (Wildman–Crippen MR) is 83.4 cm³/mol. The van der Waals surface area contributed by atoms with Crippen molar-refractivity contribution in [1.29, 1.82) is 0 Å². The largest absolute Gasteiger partial charge is 0.347 e. The van der Waals surface area contributed by atoms with Gasteiger partial charge in [0.05, 0.1) is 11.4 Å². The molecule has 2 N–H and O–H groups in total. The number of amides is 1. The number of hydrogen-bond donors (Lipinski definition) is 2. The summed E-state index contributed by atoms with van der Waals surface area (Å²) in [6.07, 6.45) is 3.87. The first-order valence-electron chi connectivity index (χ1n) is 7.14. The molecule has 1 atom stereocenters. The number of carbonyl (C=O) groups is 1. The fraction of sp³-hybridized carbons (Fsp3) is 0.400. The number of pyridine rings is 1. The fourth-order valence-corrected chi connectivity index (χ4v) is 3.38. The van der Waals surface area contributed by atoms with Crippen LogP contribution in [0.15, 0.2) is 24.4 Å². The van der Waals surface area contributed by atoms with Crippen molar-refractivity contribution < 1.29 is 4.79 Å². The maximum Gasteiger partial charge on any atom is 0.263 e. The first kappa shape index (κ1) is 14.2. The molecule has 1 fully saturated rings. The smallest absolute Gasteiger partial charge is 0.263 e. The summed E-state index contributed by atoms with van der Waals surface area (Å²) in [7, 11) is 0. The van der Waals surface area contributed by atoms with Gasteiger partial charge in [-0.15, -0.1) is 11.3 Å². The minimum absolute atomic E-state index is 0.0270. The summed E-state index contributed by atoms with van der Waals surface area (Å²) in [6.45, 7) is 3.75. The molecule has 3 heterocycles. The summed E-state index contributed by atoms with van der Waals surface area (Å²) in [5.41, 5.74) is 1.57. The Labute approximate surface area is 127 Å². The molecule has 1 aliphatic rings. The molecular weight excluding hydrogens is 284 g/mol. The molecule has 5 nitrogen and oxygen atoms in total. The Morgan fingerprint density at radius 3 is 3.10 bits per heavy atom. The van der Waals surface area contributed by atoms with E-state index in [1.165, 1.54) is 11.3 Å². The lowest BCUT2D eigenvalue weighted by Gasteiger charge is -2.23. The van der Waals surface area contributed by atoms with E-state index in [0.29, 0.717) is 4.88 Å². The molecule has 0 saturated carbocycles. The molecule has 0 aromatic carbocycles. The molecule has 0 bridgehead atoms. The first-order valence-corrected chi connectivity index (χ1v) is 7.96. The number of aryl methyl sites for hydroxylation is 1. The third-order valence-corrected chi connectivity index (χ3v) is 4.70. The van der Waals surface area contributed by atoms with Gasteiger partial charge in [-0.25, -0.2) is 4.98 Å². The lowest BCUT2D eigenvalue weighted by atomic mass is 10.1. The molecular formula is C15H18N4OS. The highest BCUT2D eigenvalue weighted by atomic mass is 32.1. The van der Waals surface area contributed by atoms with Crippen molar-refractivity contribution in [3.8, 4) is 10.7 Å². The molecule has 0 unspecified atom stereocenters. The summed E-state index contributed by atoms with van der Waals surface area (Å²) in [5.74, 6) is -0.0270. The lowest BCUT2D eigenvalue weighted by Crippen LogP contribution is -2.45. The Balaban J connectivity index is 1.76. The minimum Gasteiger partial charge on any atom is -0.347 e. The van der Waals surface area contributed by atoms with Crippen LogP contribution in [0.25, 0.3) is 10.7 Å². The molecule has 0 spiro atoms. The summed E-state index contributed by atoms with van der Waals surface area (Å²) >= 11 is 1.40. The monoisotopic (exact) mass is 302 g/mol. The molecule has 2 aromatic heterocycles. The van der Waals surface area contributed by atoms with E-state index in [2.05, 4.69) is 20.6 Å². The van der Waals surface area contributed by atoms with Gasteiger partial charge in [-0.3, -0.25) is 9.78 Å². The number of hydrogen-bond acceptors (Lipinski definition) is 5. The van der Waals surface area contributed by atoms with Crippen LogP contribution in [-0.2, 0) is 0 Å². The number of nitrogens with zero attached hydrogens (tertiary/aromatic N) is 2. The molecule has 21 heavy (non-hydrogen) atoms. The van der Waals surface area contributed by atoms with E-state index in [1.807, 2.05) is 25.1 Å². The Morgan fingerprint density at radius 2 is 2.38 bits per heavy atom. The van der Waals surface area contributed by atoms with Gasteiger partial charge in [0.2, 0.25) is 0 Å². The Kier molecular flexibility index (Phi) is 4.26. The summed E-state index contributed by atoms with van der Waals surface area (Å²) < 4.78 is 0. The maximum absolute atomic E-state index is 12.4. The van der Waals surface area contributed by atoms with Gasteiger partial charge in [-0.05, 0) is 38.4 Å². The Hall–Kier alpha value is -1.79. The van der Waals surface area contributed by atoms with Crippen molar-refractivity contribution in [2.75, 3.05) is 13.1 Å². The van der Waals surface area contributed by atoms with Gasteiger partial charge in [0.1, 0.15) is 9.88 Å². The van der Waals surface area contributed by atoms with E-state index in [9.17, 15) is 4.79 Å². The Bertz CT molecular complexity index is 620. The summed E-state index contributed by atoms with van der Waals surface area (Å²) in [5, 5.41) is 7.18. The number of nitrogens with one attached hydrogen (secondary N) is 2. The molecule has 0 radical (unpaired) electrons. The third kappa shape index (κ3) is 3.28. The topological polar surface area (TPSA) is 66.9 Å². The zero-order valence-electron chi connectivity index (χ0n) is 11.9. The number of rotatable bonds is 3. The normalized spacial score (nSPS) is 18.4. The van der Waals surface area contributed by atoms with E-state index < -0.39 is 0 Å². The van der Waals surface area contributed by atoms with Crippen LogP contribution in [0.3, 0.4) is 0 Å². The van der Waals surface area contributed by atoms with E-state index >= 15 is 0 Å². The SMILES string of the molecule is Cc1nc(-c2ccccn2)sc1C(=O)N[C@H]1CCCNC1. The average Bonchev–Trinajstić information content (AvgIpc) is 2.91. The van der Waals surface area contributed by atoms with Gasteiger partial charge in [0.25, 0.3) is 5.91 Å². The molecule has 3 rings (SSSR count). The fourth-order valence-electron chi connectivity index (χ4n) is 2.43. The van der Waals surface area contributed by atoms with Crippen LogP contribution >= 0.6 is 11.3 Å². The van der Waals surface area contributed by atoms with Crippen molar-refractivity contribution in [3.05, 3.63) is 35.0 Å². The van der Waals surface area contributed by atoms with Gasteiger partial charge in [0, 0.05) is 18.8 Å². The van der Waals surface area contributed by atoms with Crippen LogP contribution in [0, 0.1) is 6.92 Å². The quantitative estimate of drug-likeness (QED) is 0.910. The van der Waals surface area contributed by atoms with Crippen LogP contribution in [-0.4, -0.2) is 35.0 Å². The van der Waals surface area contributed by atoms with Crippen molar-refractivity contribution >= 4 is 17.2 Å². The van der Waals surface area contributed by atoms with Gasteiger partial charge in [0.15, 0.2) is 0 Å². The third-order valence-electron chi connectivity index (χ3n) is 3.52. The van der Waals surface area contributed by atoms with Crippen LogP contribution in [0.2, 0.25) is 0 Å². The van der Waals surface area contributed by atoms with Gasteiger partial charge in [-0.1, -0.05) is 6.07 Å². The standard InChI is InChI=1S/C15H18N4OS/c1-10-13(14(20)19-11-5-4-7-16-9-11)21-15(18-10)12-6-2-3-8-17-12/h2-3,6,8,11,16H,4-5,7,9H2,1H3,(H,19,20)/t11-/m0/s1. The van der Waals surface area contributed by atoms with Crippen LogP contribution in [0.4, 0.5) is 0 Å². The van der Waals surface area contributed by atoms with Gasteiger partial charge >= 0.3 is 0 Å². The second kappa shape index (κ2) is 6.32. The van der Waals surface area contributed by atoms with Gasteiger partial charge in [-0.2, -0.15) is 0 Å². The van der Waals surface area contributed by atoms with E-state index in [1.54, 1.807) is 6.20 Å². The van der Waals surface area contributed by atoms with Crippen molar-refractivity contribution in [2.45, 2.75) is 25.8 Å². The van der Waals surface area contributed by atoms with E-state index in [0.717, 1.165) is 42.3 Å². The summed E-state index contributed by atoms with van der Waals surface area (Å²) in [4.78, 5) is 21.8. The van der Waals surface area contributed by atoms with Crippen LogP contribution in [0.5, 0.6) is 0 Å². The van der Waals surface area contributed by atoms with Crippen molar-refractivity contribution in [1.82, 2.24) is 20.6 Å². The van der Waals surface area contributed by atoms with Crippen molar-refractivity contribution in [3.63, 3.8) is 0 Å². The lowest BCUT2D eigenvalue weighted by molar-refractivity contribution is 0.0934. The molecule has 0 aliphatic carbocycles. The molecule has 1 saturated heterocycles. The Morgan fingerprint density at radius 1 is 1.48 bits per heavy atom. The molecule has 6 heteroatoms. The zero-order valence-corrected chi connectivity index (χ0v) is 12.7. The van der Waals surface area contributed by atoms with Crippen molar-refractivity contribution in [2.24, 2.45) is 0 Å². The first-order chi connectivity index (χ1) is 10.2. The molecule has 2 aromatic rings. The van der Waals surface area contributed by atoms with Gasteiger partial charge < -0.3 is 10.6 Å². The highest BCUT2D eigenvalue weighted by Crippen LogP contribution is 2.26. The summed E-state index contributed by atoms with van der Waals surface area (Å²) in [6, 6.07) is 5.91. The predicted octanol–water partition coefficient (Wildman–Crippen LogP) is 2.00. The average molecular weight is 302 g/mol. The highest BCUT2D eigenvalue weighted by molar-refractivity contribution is 7.17. The second-order valence-electron chi connectivity index (χ2n) is 5.17. The number of aromatic nitrogens is 2. The minimum atomic E-state index is -0.0270. The van der Waals surface area contributed by atoms with E-state index in [-0.39, 0.29) is 11.9 Å². The molecule has 1 amide bonds. The van der Waals surface area contributed by atoms with Crippen LogP contribution in [0.1, 0.15) is 28.2 Å².